The Hall–Kier alpha value is -0.410. The number of rotatable bonds is 4. The van der Waals surface area contributed by atoms with Crippen LogP contribution in [0.15, 0.2) is 0 Å². The van der Waals surface area contributed by atoms with Gasteiger partial charge >= 0.3 is 0 Å². The Kier molecular flexibility index (Phi) is 4.26. The van der Waals surface area contributed by atoms with Gasteiger partial charge in [-0.05, 0) is 0 Å². The Labute approximate surface area is 55.0 Å². The fraction of sp³-hybridized carbons (Fsp3) is 0.833. The maximum Gasteiger partial charge on any atom is 0.165 e. The molecular formula is C6H12O3. The first-order valence-electron chi connectivity index (χ1n) is 2.77. The average molecular weight is 132 g/mol. The van der Waals surface area contributed by atoms with E-state index in [4.69, 9.17) is 9.47 Å². The first-order valence-corrected chi connectivity index (χ1v) is 2.77. The summed E-state index contributed by atoms with van der Waals surface area (Å²) < 4.78 is 9.60. The highest BCUT2D eigenvalue weighted by atomic mass is 16.7. The van der Waals surface area contributed by atoms with Crippen molar-refractivity contribution in [1.82, 2.24) is 0 Å². The third-order valence-electron chi connectivity index (χ3n) is 1.11. The second-order valence-electron chi connectivity index (χ2n) is 1.83. The van der Waals surface area contributed by atoms with Crippen LogP contribution >= 0.6 is 0 Å². The van der Waals surface area contributed by atoms with Crippen molar-refractivity contribution in [3.8, 4) is 0 Å². The summed E-state index contributed by atoms with van der Waals surface area (Å²) in [4.78, 5) is 10.1. The molecule has 0 bridgehead atoms. The van der Waals surface area contributed by atoms with Crippen LogP contribution in [0.25, 0.3) is 0 Å². The number of hydrogen-bond donors (Lipinski definition) is 0. The largest absolute Gasteiger partial charge is 0.355 e. The molecule has 0 spiro atoms. The maximum atomic E-state index is 10.1. The highest BCUT2D eigenvalue weighted by Gasteiger charge is 2.13. The van der Waals surface area contributed by atoms with E-state index in [0.29, 0.717) is 0 Å². The van der Waals surface area contributed by atoms with Gasteiger partial charge in [-0.1, -0.05) is 6.92 Å². The number of methoxy groups -OCH3 is 2. The molecule has 0 N–H and O–H groups in total. The first kappa shape index (κ1) is 8.59. The molecule has 0 rings (SSSR count). The molecule has 0 heterocycles. The lowest BCUT2D eigenvalue weighted by Crippen LogP contribution is -2.23. The molecule has 0 amide bonds. The molecular weight excluding hydrogens is 120 g/mol. The molecule has 0 saturated heterocycles. The third-order valence-corrected chi connectivity index (χ3v) is 1.11. The van der Waals surface area contributed by atoms with Crippen molar-refractivity contribution in [3.05, 3.63) is 0 Å². The van der Waals surface area contributed by atoms with Gasteiger partial charge in [-0.2, -0.15) is 0 Å². The number of hydrogen-bond acceptors (Lipinski definition) is 3. The number of ether oxygens (including phenoxy) is 2. The summed E-state index contributed by atoms with van der Waals surface area (Å²) in [5, 5.41) is 0. The Morgan fingerprint density at radius 1 is 1.33 bits per heavy atom. The van der Waals surface area contributed by atoms with Gasteiger partial charge in [-0.25, -0.2) is 0 Å². The van der Waals surface area contributed by atoms with Gasteiger partial charge < -0.3 is 14.3 Å². The van der Waals surface area contributed by atoms with Crippen molar-refractivity contribution in [1.29, 1.82) is 0 Å². The van der Waals surface area contributed by atoms with E-state index < -0.39 is 6.29 Å². The summed E-state index contributed by atoms with van der Waals surface area (Å²) in [6, 6.07) is 0. The highest BCUT2D eigenvalue weighted by molar-refractivity contribution is 5.53. The standard InChI is InChI=1S/C6H12O3/c1-5(4-7)6(8-2)9-3/h4-6H,1-3H3/t5-/m0/s1. The minimum atomic E-state index is -0.400. The summed E-state index contributed by atoms with van der Waals surface area (Å²) in [6.45, 7) is 1.74. The summed E-state index contributed by atoms with van der Waals surface area (Å²) in [5.41, 5.74) is 0. The Morgan fingerprint density at radius 3 is 1.89 bits per heavy atom. The average Bonchev–Trinajstić information content (AvgIpc) is 1.90. The van der Waals surface area contributed by atoms with Crippen LogP contribution in [0.1, 0.15) is 6.92 Å². The molecule has 1 atom stereocenters. The van der Waals surface area contributed by atoms with Crippen molar-refractivity contribution in [2.24, 2.45) is 5.92 Å². The van der Waals surface area contributed by atoms with Gasteiger partial charge in [0.1, 0.15) is 6.29 Å². The second-order valence-corrected chi connectivity index (χ2v) is 1.83. The summed E-state index contributed by atoms with van der Waals surface area (Å²) in [5.74, 6) is -0.194. The molecule has 0 aliphatic heterocycles. The summed E-state index contributed by atoms with van der Waals surface area (Å²) >= 11 is 0. The maximum absolute atomic E-state index is 10.1. The van der Waals surface area contributed by atoms with E-state index in [9.17, 15) is 4.79 Å². The molecule has 0 aromatic rings. The predicted octanol–water partition coefficient (Wildman–Crippen LogP) is 0.440. The molecule has 0 aromatic carbocycles. The Balaban J connectivity index is 3.63. The van der Waals surface area contributed by atoms with Crippen LogP contribution < -0.4 is 0 Å². The van der Waals surface area contributed by atoms with Crippen LogP contribution in [0, 0.1) is 5.92 Å². The quantitative estimate of drug-likeness (QED) is 0.411. The van der Waals surface area contributed by atoms with Crippen molar-refractivity contribution < 1.29 is 14.3 Å². The van der Waals surface area contributed by atoms with E-state index in [2.05, 4.69) is 0 Å². The van der Waals surface area contributed by atoms with Crippen molar-refractivity contribution in [2.75, 3.05) is 14.2 Å². The number of carbonyl (C=O) groups excluding carboxylic acids is 1. The molecule has 9 heavy (non-hydrogen) atoms. The molecule has 0 radical (unpaired) electrons. The zero-order valence-corrected chi connectivity index (χ0v) is 5.96. The van der Waals surface area contributed by atoms with Gasteiger partial charge in [0, 0.05) is 14.2 Å². The van der Waals surface area contributed by atoms with E-state index >= 15 is 0 Å². The van der Waals surface area contributed by atoms with E-state index in [1.165, 1.54) is 14.2 Å². The van der Waals surface area contributed by atoms with Gasteiger partial charge in [0.05, 0.1) is 5.92 Å². The second kappa shape index (κ2) is 4.47. The Bertz CT molecular complexity index is 78.4. The van der Waals surface area contributed by atoms with E-state index in [1.807, 2.05) is 0 Å². The molecule has 0 aliphatic carbocycles. The molecule has 0 fully saturated rings. The van der Waals surface area contributed by atoms with E-state index in [0.717, 1.165) is 6.29 Å². The van der Waals surface area contributed by atoms with Crippen molar-refractivity contribution in [3.63, 3.8) is 0 Å². The van der Waals surface area contributed by atoms with E-state index in [-0.39, 0.29) is 5.92 Å². The van der Waals surface area contributed by atoms with Crippen LogP contribution in [-0.4, -0.2) is 26.8 Å². The minimum absolute atomic E-state index is 0.194. The summed E-state index contributed by atoms with van der Waals surface area (Å²) in [7, 11) is 3.02. The van der Waals surface area contributed by atoms with Crippen LogP contribution in [0.5, 0.6) is 0 Å². The Morgan fingerprint density at radius 2 is 1.78 bits per heavy atom. The van der Waals surface area contributed by atoms with Crippen molar-refractivity contribution >= 4 is 6.29 Å². The molecule has 0 aliphatic rings. The fourth-order valence-electron chi connectivity index (χ4n) is 0.590. The monoisotopic (exact) mass is 132 g/mol. The molecule has 3 nitrogen and oxygen atoms in total. The van der Waals surface area contributed by atoms with Crippen LogP contribution in [0.2, 0.25) is 0 Å². The smallest absolute Gasteiger partial charge is 0.165 e. The highest BCUT2D eigenvalue weighted by Crippen LogP contribution is 2.02. The molecule has 0 unspecified atom stereocenters. The zero-order valence-electron chi connectivity index (χ0n) is 5.96. The minimum Gasteiger partial charge on any atom is -0.355 e. The topological polar surface area (TPSA) is 35.5 Å². The lowest BCUT2D eigenvalue weighted by Gasteiger charge is -2.15. The molecule has 0 saturated carbocycles. The SMILES string of the molecule is COC(OC)[C@@H](C)C=O. The third kappa shape index (κ3) is 2.58. The van der Waals surface area contributed by atoms with Gasteiger partial charge in [0.25, 0.3) is 0 Å². The lowest BCUT2D eigenvalue weighted by atomic mass is 10.2. The zero-order chi connectivity index (χ0) is 7.28. The molecule has 0 aromatic heterocycles. The van der Waals surface area contributed by atoms with Gasteiger partial charge in [0.15, 0.2) is 6.29 Å². The number of carbonyl (C=O) groups is 1. The number of aldehydes is 1. The van der Waals surface area contributed by atoms with Crippen molar-refractivity contribution in [2.45, 2.75) is 13.2 Å². The van der Waals surface area contributed by atoms with Gasteiger partial charge in [0.2, 0.25) is 0 Å². The first-order chi connectivity index (χ1) is 4.26. The van der Waals surface area contributed by atoms with Gasteiger partial charge in [-0.3, -0.25) is 0 Å². The van der Waals surface area contributed by atoms with Crippen LogP contribution in [0.3, 0.4) is 0 Å². The molecule has 3 heteroatoms. The molecule has 54 valence electrons. The van der Waals surface area contributed by atoms with Crippen LogP contribution in [-0.2, 0) is 14.3 Å². The van der Waals surface area contributed by atoms with Gasteiger partial charge in [-0.15, -0.1) is 0 Å². The summed E-state index contributed by atoms with van der Waals surface area (Å²) in [6.07, 6.45) is 0.403. The van der Waals surface area contributed by atoms with E-state index in [1.54, 1.807) is 6.92 Å². The fourth-order valence-corrected chi connectivity index (χ4v) is 0.590. The predicted molar refractivity (Wildman–Crippen MR) is 33.0 cm³/mol. The normalized spacial score (nSPS) is 13.8. The van der Waals surface area contributed by atoms with Crippen LogP contribution in [0.4, 0.5) is 0 Å². The lowest BCUT2D eigenvalue weighted by molar-refractivity contribution is -0.145.